The molecule has 2 rings (SSSR count). The van der Waals surface area contributed by atoms with Gasteiger partial charge in [0.15, 0.2) is 11.5 Å². The summed E-state index contributed by atoms with van der Waals surface area (Å²) < 4.78 is 0. The van der Waals surface area contributed by atoms with Crippen LogP contribution in [0.4, 0.5) is 11.5 Å². The largest absolute Gasteiger partial charge is 0.398 e. The standard InChI is InChI=1S/C15H19N5O/c1-19(2)15(21)13-8-9-14(18-17-13)20(3)10-11-6-4-5-7-12(11)16/h4-9H,10,16H2,1-3H3. The lowest BCUT2D eigenvalue weighted by Crippen LogP contribution is -2.24. The summed E-state index contributed by atoms with van der Waals surface area (Å²) in [6.45, 7) is 0.627. The van der Waals surface area contributed by atoms with Gasteiger partial charge in [0.05, 0.1) is 0 Å². The zero-order chi connectivity index (χ0) is 15.4. The number of anilines is 2. The Balaban J connectivity index is 2.12. The maximum atomic E-state index is 11.8. The summed E-state index contributed by atoms with van der Waals surface area (Å²) in [5.74, 6) is 0.526. The normalized spacial score (nSPS) is 10.2. The van der Waals surface area contributed by atoms with Crippen molar-refractivity contribution >= 4 is 17.4 Å². The lowest BCUT2D eigenvalue weighted by atomic mass is 10.2. The minimum atomic E-state index is -0.163. The van der Waals surface area contributed by atoms with E-state index in [9.17, 15) is 4.79 Å². The highest BCUT2D eigenvalue weighted by Crippen LogP contribution is 2.16. The second-order valence-corrected chi connectivity index (χ2v) is 5.03. The summed E-state index contributed by atoms with van der Waals surface area (Å²) in [7, 11) is 5.27. The molecule has 0 spiro atoms. The molecule has 1 heterocycles. The van der Waals surface area contributed by atoms with Gasteiger partial charge in [-0.25, -0.2) is 0 Å². The number of hydrogen-bond acceptors (Lipinski definition) is 5. The number of amides is 1. The number of aromatic nitrogens is 2. The van der Waals surface area contributed by atoms with E-state index in [4.69, 9.17) is 5.73 Å². The smallest absolute Gasteiger partial charge is 0.273 e. The van der Waals surface area contributed by atoms with Crippen molar-refractivity contribution in [2.45, 2.75) is 6.54 Å². The maximum Gasteiger partial charge on any atom is 0.273 e. The highest BCUT2D eigenvalue weighted by molar-refractivity contribution is 5.91. The Morgan fingerprint density at radius 3 is 2.38 bits per heavy atom. The van der Waals surface area contributed by atoms with Gasteiger partial charge >= 0.3 is 0 Å². The Hall–Kier alpha value is -2.63. The maximum absolute atomic E-state index is 11.8. The number of rotatable bonds is 4. The summed E-state index contributed by atoms with van der Waals surface area (Å²) in [5, 5.41) is 8.07. The number of carbonyl (C=O) groups is 1. The van der Waals surface area contributed by atoms with Gasteiger partial charge < -0.3 is 15.5 Å². The molecular formula is C15H19N5O. The fourth-order valence-electron chi connectivity index (χ4n) is 1.89. The predicted octanol–water partition coefficient (Wildman–Crippen LogP) is 1.40. The molecule has 0 saturated carbocycles. The molecule has 6 nitrogen and oxygen atoms in total. The van der Waals surface area contributed by atoms with E-state index in [1.165, 1.54) is 4.90 Å². The molecule has 0 radical (unpaired) electrons. The summed E-state index contributed by atoms with van der Waals surface area (Å²) in [4.78, 5) is 15.2. The molecule has 0 aliphatic rings. The molecule has 6 heteroatoms. The van der Waals surface area contributed by atoms with Gasteiger partial charge in [-0.3, -0.25) is 4.79 Å². The number of nitrogens with two attached hydrogens (primary N) is 1. The van der Waals surface area contributed by atoms with Crippen LogP contribution in [0, 0.1) is 0 Å². The molecule has 0 unspecified atom stereocenters. The zero-order valence-electron chi connectivity index (χ0n) is 12.4. The SMILES string of the molecule is CN(C)C(=O)c1ccc(N(C)Cc2ccccc2N)nn1. The van der Waals surface area contributed by atoms with Crippen LogP contribution in [0.25, 0.3) is 0 Å². The Morgan fingerprint density at radius 2 is 1.81 bits per heavy atom. The lowest BCUT2D eigenvalue weighted by molar-refractivity contribution is 0.0821. The van der Waals surface area contributed by atoms with Gasteiger partial charge in [-0.15, -0.1) is 10.2 Å². The molecular weight excluding hydrogens is 266 g/mol. The Kier molecular flexibility index (Phi) is 4.37. The van der Waals surface area contributed by atoms with Crippen molar-refractivity contribution in [2.75, 3.05) is 31.8 Å². The fourth-order valence-corrected chi connectivity index (χ4v) is 1.89. The van der Waals surface area contributed by atoms with Crippen molar-refractivity contribution in [1.82, 2.24) is 15.1 Å². The van der Waals surface area contributed by atoms with Crippen LogP contribution in [0.5, 0.6) is 0 Å². The minimum absolute atomic E-state index is 0.163. The van der Waals surface area contributed by atoms with Crippen LogP contribution in [0.3, 0.4) is 0 Å². The Morgan fingerprint density at radius 1 is 1.10 bits per heavy atom. The number of benzene rings is 1. The number of hydrogen-bond donors (Lipinski definition) is 1. The van der Waals surface area contributed by atoms with Crippen molar-refractivity contribution < 1.29 is 4.79 Å². The molecule has 1 amide bonds. The predicted molar refractivity (Wildman–Crippen MR) is 83.0 cm³/mol. The summed E-state index contributed by atoms with van der Waals surface area (Å²) in [6, 6.07) is 11.2. The van der Waals surface area contributed by atoms with E-state index in [-0.39, 0.29) is 5.91 Å². The van der Waals surface area contributed by atoms with Crippen LogP contribution in [0.2, 0.25) is 0 Å². The molecule has 0 aliphatic carbocycles. The van der Waals surface area contributed by atoms with Crippen molar-refractivity contribution in [3.8, 4) is 0 Å². The van der Waals surface area contributed by atoms with E-state index in [1.807, 2.05) is 36.2 Å². The van der Waals surface area contributed by atoms with Gasteiger partial charge in [-0.05, 0) is 23.8 Å². The summed E-state index contributed by atoms with van der Waals surface area (Å²) >= 11 is 0. The van der Waals surface area contributed by atoms with Crippen molar-refractivity contribution in [2.24, 2.45) is 0 Å². The molecule has 0 aliphatic heterocycles. The van der Waals surface area contributed by atoms with Gasteiger partial charge in [0.2, 0.25) is 0 Å². The molecule has 0 saturated heterocycles. The first-order chi connectivity index (χ1) is 9.99. The van der Waals surface area contributed by atoms with E-state index < -0.39 is 0 Å². The Labute approximate surface area is 124 Å². The summed E-state index contributed by atoms with van der Waals surface area (Å²) in [6.07, 6.45) is 0. The topological polar surface area (TPSA) is 75.4 Å². The van der Waals surface area contributed by atoms with E-state index in [0.717, 1.165) is 11.3 Å². The molecule has 0 bridgehead atoms. The molecule has 1 aromatic heterocycles. The first-order valence-corrected chi connectivity index (χ1v) is 6.59. The third kappa shape index (κ3) is 3.47. The van der Waals surface area contributed by atoms with E-state index in [2.05, 4.69) is 10.2 Å². The Bertz CT molecular complexity index is 624. The van der Waals surface area contributed by atoms with Crippen LogP contribution in [-0.4, -0.2) is 42.1 Å². The third-order valence-corrected chi connectivity index (χ3v) is 3.13. The average molecular weight is 285 g/mol. The van der Waals surface area contributed by atoms with Gasteiger partial charge in [0, 0.05) is 33.4 Å². The van der Waals surface area contributed by atoms with E-state index in [1.54, 1.807) is 26.2 Å². The van der Waals surface area contributed by atoms with Crippen molar-refractivity contribution in [3.63, 3.8) is 0 Å². The molecule has 2 N–H and O–H groups in total. The lowest BCUT2D eigenvalue weighted by Gasteiger charge is -2.19. The van der Waals surface area contributed by atoms with Crippen LogP contribution < -0.4 is 10.6 Å². The first-order valence-electron chi connectivity index (χ1n) is 6.59. The monoisotopic (exact) mass is 285 g/mol. The molecule has 2 aromatic rings. The van der Waals surface area contributed by atoms with Crippen LogP contribution in [-0.2, 0) is 6.54 Å². The number of nitrogen functional groups attached to an aromatic ring is 1. The molecule has 0 atom stereocenters. The van der Waals surface area contributed by atoms with Crippen LogP contribution in [0.1, 0.15) is 16.1 Å². The molecule has 21 heavy (non-hydrogen) atoms. The number of carbonyl (C=O) groups excluding carboxylic acids is 1. The second-order valence-electron chi connectivity index (χ2n) is 5.03. The van der Waals surface area contributed by atoms with Crippen LogP contribution >= 0.6 is 0 Å². The van der Waals surface area contributed by atoms with Crippen molar-refractivity contribution in [1.29, 1.82) is 0 Å². The summed E-state index contributed by atoms with van der Waals surface area (Å²) in [5.41, 5.74) is 8.03. The van der Waals surface area contributed by atoms with Crippen LogP contribution in [0.15, 0.2) is 36.4 Å². The second kappa shape index (κ2) is 6.21. The van der Waals surface area contributed by atoms with E-state index >= 15 is 0 Å². The average Bonchev–Trinajstić information content (AvgIpc) is 2.49. The zero-order valence-corrected chi connectivity index (χ0v) is 12.4. The van der Waals surface area contributed by atoms with Gasteiger partial charge in [-0.1, -0.05) is 18.2 Å². The first kappa shape index (κ1) is 14.8. The highest BCUT2D eigenvalue weighted by atomic mass is 16.2. The number of para-hydroxylation sites is 1. The minimum Gasteiger partial charge on any atom is -0.398 e. The quantitative estimate of drug-likeness (QED) is 0.859. The van der Waals surface area contributed by atoms with Gasteiger partial charge in [-0.2, -0.15) is 0 Å². The van der Waals surface area contributed by atoms with Crippen molar-refractivity contribution in [3.05, 3.63) is 47.7 Å². The van der Waals surface area contributed by atoms with E-state index in [0.29, 0.717) is 18.1 Å². The highest BCUT2D eigenvalue weighted by Gasteiger charge is 2.12. The molecule has 0 fully saturated rings. The molecule has 110 valence electrons. The molecule has 1 aromatic carbocycles. The van der Waals surface area contributed by atoms with Gasteiger partial charge in [0.25, 0.3) is 5.91 Å². The fraction of sp³-hybridized carbons (Fsp3) is 0.267. The van der Waals surface area contributed by atoms with Gasteiger partial charge in [0.1, 0.15) is 0 Å². The number of nitrogens with zero attached hydrogens (tertiary/aromatic N) is 4. The third-order valence-electron chi connectivity index (χ3n) is 3.13.